The van der Waals surface area contributed by atoms with Crippen molar-refractivity contribution in [1.29, 1.82) is 0 Å². The van der Waals surface area contributed by atoms with E-state index in [2.05, 4.69) is 5.32 Å². The molecule has 0 saturated heterocycles. The number of sulfonamides is 1. The van der Waals surface area contributed by atoms with Gasteiger partial charge in [0.15, 0.2) is 0 Å². The lowest BCUT2D eigenvalue weighted by atomic mass is 10.2. The maximum absolute atomic E-state index is 12.6. The van der Waals surface area contributed by atoms with Gasteiger partial charge < -0.3 is 10.2 Å². The predicted octanol–water partition coefficient (Wildman–Crippen LogP) is 3.06. The lowest BCUT2D eigenvalue weighted by Crippen LogP contribution is -2.49. The smallest absolute Gasteiger partial charge is 0.243 e. The molecule has 0 saturated carbocycles. The molecule has 0 radical (unpaired) electrons. The van der Waals surface area contributed by atoms with E-state index in [0.717, 1.165) is 21.8 Å². The molecule has 2 aromatic rings. The zero-order chi connectivity index (χ0) is 20.9. The molecule has 0 aliphatic rings. The van der Waals surface area contributed by atoms with Gasteiger partial charge in [0.2, 0.25) is 15.9 Å². The van der Waals surface area contributed by atoms with Gasteiger partial charge in [0.05, 0.1) is 11.9 Å². The van der Waals surface area contributed by atoms with E-state index in [1.54, 1.807) is 32.0 Å². The van der Waals surface area contributed by atoms with Crippen LogP contribution in [0.3, 0.4) is 0 Å². The monoisotopic (exact) mass is 423 g/mol. The van der Waals surface area contributed by atoms with Gasteiger partial charge in [0.1, 0.15) is 6.04 Å². The van der Waals surface area contributed by atoms with Gasteiger partial charge in [0.25, 0.3) is 0 Å². The molecule has 1 N–H and O–H groups in total. The normalized spacial score (nSPS) is 12.3. The number of nitrogens with zero attached hydrogens (tertiary/aromatic N) is 2. The Morgan fingerprint density at radius 1 is 1.18 bits per heavy atom. The fraction of sp³-hybridized carbons (Fsp3) is 0.350. The van der Waals surface area contributed by atoms with E-state index >= 15 is 0 Å². The van der Waals surface area contributed by atoms with Crippen molar-refractivity contribution in [2.45, 2.75) is 19.9 Å². The first-order valence-corrected chi connectivity index (χ1v) is 11.1. The summed E-state index contributed by atoms with van der Waals surface area (Å²) in [5, 5.41) is 3.23. The maximum atomic E-state index is 12.6. The van der Waals surface area contributed by atoms with E-state index in [-0.39, 0.29) is 5.91 Å². The van der Waals surface area contributed by atoms with Gasteiger partial charge in [-0.15, -0.1) is 0 Å². The van der Waals surface area contributed by atoms with Gasteiger partial charge in [-0.2, -0.15) is 0 Å². The number of hydrogen-bond donors (Lipinski definition) is 1. The van der Waals surface area contributed by atoms with E-state index in [1.807, 2.05) is 42.3 Å². The van der Waals surface area contributed by atoms with E-state index in [0.29, 0.717) is 23.8 Å². The largest absolute Gasteiger partial charge is 0.373 e. The first-order valence-electron chi connectivity index (χ1n) is 8.90. The summed E-state index contributed by atoms with van der Waals surface area (Å²) in [6.45, 7) is 4.33. The molecule has 1 amide bonds. The number of para-hydroxylation sites is 1. The summed E-state index contributed by atoms with van der Waals surface area (Å²) in [6.07, 6.45) is 1.08. The number of aryl methyl sites for hydroxylation is 1. The highest BCUT2D eigenvalue weighted by atomic mass is 35.5. The Morgan fingerprint density at radius 2 is 1.82 bits per heavy atom. The molecule has 1 atom stereocenters. The van der Waals surface area contributed by atoms with Crippen molar-refractivity contribution in [2.24, 2.45) is 0 Å². The fourth-order valence-electron chi connectivity index (χ4n) is 2.91. The van der Waals surface area contributed by atoms with Gasteiger partial charge in [-0.25, -0.2) is 8.42 Å². The summed E-state index contributed by atoms with van der Waals surface area (Å²) in [6, 6.07) is 13.9. The summed E-state index contributed by atoms with van der Waals surface area (Å²) in [5.41, 5.74) is 2.16. The van der Waals surface area contributed by atoms with Crippen LogP contribution in [0.2, 0.25) is 5.02 Å². The van der Waals surface area contributed by atoms with Crippen LogP contribution in [0.1, 0.15) is 12.5 Å². The maximum Gasteiger partial charge on any atom is 0.243 e. The van der Waals surface area contributed by atoms with Crippen molar-refractivity contribution in [3.8, 4) is 0 Å². The van der Waals surface area contributed by atoms with Crippen LogP contribution in [-0.2, 0) is 14.8 Å². The van der Waals surface area contributed by atoms with Crippen molar-refractivity contribution >= 4 is 38.9 Å². The molecule has 0 unspecified atom stereocenters. The number of rotatable bonds is 8. The number of hydrogen-bond acceptors (Lipinski definition) is 4. The molecular formula is C20H26ClN3O3S. The summed E-state index contributed by atoms with van der Waals surface area (Å²) in [5.74, 6) is -0.369. The first-order chi connectivity index (χ1) is 13.1. The Morgan fingerprint density at radius 3 is 2.43 bits per heavy atom. The number of anilines is 2. The van der Waals surface area contributed by atoms with Crippen LogP contribution in [0.5, 0.6) is 0 Å². The van der Waals surface area contributed by atoms with Crippen molar-refractivity contribution in [1.82, 2.24) is 5.32 Å². The summed E-state index contributed by atoms with van der Waals surface area (Å²) in [4.78, 5) is 14.7. The molecule has 0 spiro atoms. The van der Waals surface area contributed by atoms with Crippen LogP contribution in [0.25, 0.3) is 0 Å². The van der Waals surface area contributed by atoms with Crippen LogP contribution in [0.4, 0.5) is 11.4 Å². The Balaban J connectivity index is 2.09. The minimum absolute atomic E-state index is 0.369. The molecule has 0 heterocycles. The molecule has 6 nitrogen and oxygen atoms in total. The lowest BCUT2D eigenvalue weighted by molar-refractivity contribution is -0.121. The highest BCUT2D eigenvalue weighted by molar-refractivity contribution is 7.92. The number of carbonyl (C=O) groups is 1. The van der Waals surface area contributed by atoms with Crippen molar-refractivity contribution in [3.05, 3.63) is 59.1 Å². The van der Waals surface area contributed by atoms with Gasteiger partial charge in [0, 0.05) is 30.8 Å². The molecular weight excluding hydrogens is 398 g/mol. The van der Waals surface area contributed by atoms with E-state index in [1.165, 1.54) is 0 Å². The fourth-order valence-corrected chi connectivity index (χ4v) is 4.30. The zero-order valence-electron chi connectivity index (χ0n) is 16.5. The Bertz CT molecular complexity index is 920. The molecule has 0 aliphatic carbocycles. The number of amides is 1. The predicted molar refractivity (Wildman–Crippen MR) is 116 cm³/mol. The second-order valence-corrected chi connectivity index (χ2v) is 9.01. The third kappa shape index (κ3) is 5.62. The van der Waals surface area contributed by atoms with Crippen LogP contribution >= 0.6 is 11.6 Å². The number of nitrogens with one attached hydrogen (secondary N) is 1. The van der Waals surface area contributed by atoms with Crippen LogP contribution in [-0.4, -0.2) is 46.8 Å². The molecule has 28 heavy (non-hydrogen) atoms. The third-order valence-electron chi connectivity index (χ3n) is 4.44. The summed E-state index contributed by atoms with van der Waals surface area (Å²) < 4.78 is 25.9. The second-order valence-electron chi connectivity index (χ2n) is 6.71. The van der Waals surface area contributed by atoms with Gasteiger partial charge in [-0.05, 0) is 43.7 Å². The molecule has 0 aromatic heterocycles. The number of carbonyl (C=O) groups excluding carboxylic acids is 1. The second kappa shape index (κ2) is 9.30. The average molecular weight is 424 g/mol. The minimum atomic E-state index is -3.68. The standard InChI is InChI=1S/C20H26ClN3O3S/c1-15-10-11-17(21)14-19(15)24(28(4,26)27)16(2)20(25)22-12-13-23(3)18-8-6-5-7-9-18/h5-11,14,16H,12-13H2,1-4H3,(H,22,25)/t16-/m0/s1. The van der Waals surface area contributed by atoms with Gasteiger partial charge in [-0.3, -0.25) is 9.10 Å². The summed E-state index contributed by atoms with van der Waals surface area (Å²) >= 11 is 6.04. The van der Waals surface area contributed by atoms with Crippen molar-refractivity contribution in [2.75, 3.05) is 35.6 Å². The Kier molecular flexibility index (Phi) is 7.32. The molecule has 0 fully saturated rings. The van der Waals surface area contributed by atoms with E-state index in [9.17, 15) is 13.2 Å². The highest BCUT2D eigenvalue weighted by Crippen LogP contribution is 2.28. The molecule has 8 heteroatoms. The van der Waals surface area contributed by atoms with Gasteiger partial charge >= 0.3 is 0 Å². The highest BCUT2D eigenvalue weighted by Gasteiger charge is 2.30. The van der Waals surface area contributed by atoms with E-state index in [4.69, 9.17) is 11.6 Å². The minimum Gasteiger partial charge on any atom is -0.373 e. The SMILES string of the molecule is Cc1ccc(Cl)cc1N([C@@H](C)C(=O)NCCN(C)c1ccccc1)S(C)(=O)=O. The number of benzene rings is 2. The van der Waals surface area contributed by atoms with Crippen LogP contribution < -0.4 is 14.5 Å². The van der Waals surface area contributed by atoms with Crippen LogP contribution in [0, 0.1) is 6.92 Å². The van der Waals surface area contributed by atoms with Crippen molar-refractivity contribution in [3.63, 3.8) is 0 Å². The number of likely N-dealkylation sites (N-methyl/N-ethyl adjacent to an activating group) is 1. The molecule has 2 rings (SSSR count). The number of halogens is 1. The lowest BCUT2D eigenvalue weighted by Gasteiger charge is -2.30. The third-order valence-corrected chi connectivity index (χ3v) is 5.90. The Hall–Kier alpha value is -2.25. The molecule has 0 aliphatic heterocycles. The van der Waals surface area contributed by atoms with E-state index < -0.39 is 16.1 Å². The Labute approximate surface area is 172 Å². The zero-order valence-corrected chi connectivity index (χ0v) is 18.1. The molecule has 2 aromatic carbocycles. The molecule has 152 valence electrons. The van der Waals surface area contributed by atoms with Gasteiger partial charge in [-0.1, -0.05) is 35.9 Å². The average Bonchev–Trinajstić information content (AvgIpc) is 2.64. The quantitative estimate of drug-likeness (QED) is 0.708. The summed E-state index contributed by atoms with van der Waals surface area (Å²) in [7, 11) is -1.75. The van der Waals surface area contributed by atoms with Crippen molar-refractivity contribution < 1.29 is 13.2 Å². The topological polar surface area (TPSA) is 69.7 Å². The molecule has 0 bridgehead atoms. The first kappa shape index (κ1) is 22.0. The van der Waals surface area contributed by atoms with Crippen LogP contribution in [0.15, 0.2) is 48.5 Å².